The van der Waals surface area contributed by atoms with E-state index in [1.807, 2.05) is 12.3 Å². The summed E-state index contributed by atoms with van der Waals surface area (Å²) in [7, 11) is 0. The summed E-state index contributed by atoms with van der Waals surface area (Å²) in [6.07, 6.45) is 9.27. The molecule has 0 saturated carbocycles. The van der Waals surface area contributed by atoms with Crippen LogP contribution >= 0.6 is 0 Å². The molecule has 2 nitrogen and oxygen atoms in total. The first-order valence-electron chi connectivity index (χ1n) is 8.31. The summed E-state index contributed by atoms with van der Waals surface area (Å²) in [5, 5.41) is 8.91. The predicted octanol–water partition coefficient (Wildman–Crippen LogP) is 5.03. The molecule has 2 heteroatoms. The molecule has 21 heavy (non-hydrogen) atoms. The fraction of sp³-hybridized carbons (Fsp3) is 0.579. The van der Waals surface area contributed by atoms with Gasteiger partial charge in [-0.25, -0.2) is 0 Å². The topological polar surface area (TPSA) is 29.5 Å². The van der Waals surface area contributed by atoms with Crippen LogP contribution in [0.15, 0.2) is 36.6 Å². The van der Waals surface area contributed by atoms with Crippen molar-refractivity contribution in [2.45, 2.75) is 52.4 Å². The molecule has 0 aliphatic rings. The summed E-state index contributed by atoms with van der Waals surface area (Å²) in [5.74, 6) is 0.544. The highest BCUT2D eigenvalue weighted by molar-refractivity contribution is 5.66. The van der Waals surface area contributed by atoms with E-state index >= 15 is 0 Å². The molecule has 118 valence electrons. The Morgan fingerprint density at radius 1 is 1.10 bits per heavy atom. The quantitative estimate of drug-likeness (QED) is 0.457. The van der Waals surface area contributed by atoms with Crippen molar-refractivity contribution < 1.29 is 9.84 Å². The lowest BCUT2D eigenvalue weighted by molar-refractivity contribution is 0.166. The lowest BCUT2D eigenvalue weighted by atomic mass is 9.86. The minimum atomic E-state index is 0.0624. The Morgan fingerprint density at radius 2 is 1.86 bits per heavy atom. The largest absolute Gasteiger partial charge is 0.498 e. The van der Waals surface area contributed by atoms with Gasteiger partial charge in [0.25, 0.3) is 0 Å². The summed E-state index contributed by atoms with van der Waals surface area (Å²) < 4.78 is 5.52. The SMILES string of the molecule is CCCCCC(CCC)C(=COCCO)c1ccccc1. The van der Waals surface area contributed by atoms with Gasteiger partial charge in [-0.15, -0.1) is 0 Å². The highest BCUT2D eigenvalue weighted by Gasteiger charge is 2.15. The Balaban J connectivity index is 2.87. The number of unbranched alkanes of at least 4 members (excludes halogenated alkanes) is 2. The van der Waals surface area contributed by atoms with Crippen LogP contribution in [0.3, 0.4) is 0 Å². The van der Waals surface area contributed by atoms with Gasteiger partial charge in [0.1, 0.15) is 6.61 Å². The fourth-order valence-corrected chi connectivity index (χ4v) is 2.68. The lowest BCUT2D eigenvalue weighted by Crippen LogP contribution is -2.06. The number of benzene rings is 1. The van der Waals surface area contributed by atoms with Crippen LogP contribution in [0.1, 0.15) is 57.9 Å². The van der Waals surface area contributed by atoms with Gasteiger partial charge in [0.05, 0.1) is 12.9 Å². The van der Waals surface area contributed by atoms with Crippen molar-refractivity contribution in [2.75, 3.05) is 13.2 Å². The number of rotatable bonds is 11. The molecule has 1 aromatic carbocycles. The van der Waals surface area contributed by atoms with E-state index in [4.69, 9.17) is 9.84 Å². The summed E-state index contributed by atoms with van der Waals surface area (Å²) >= 11 is 0. The van der Waals surface area contributed by atoms with Gasteiger partial charge < -0.3 is 9.84 Å². The van der Waals surface area contributed by atoms with Crippen LogP contribution in [0, 0.1) is 5.92 Å². The Kier molecular flexibility index (Phi) is 9.64. The molecule has 1 aromatic rings. The average Bonchev–Trinajstić information content (AvgIpc) is 2.52. The second kappa shape index (κ2) is 11.4. The molecule has 0 saturated heterocycles. The summed E-state index contributed by atoms with van der Waals surface area (Å²) in [4.78, 5) is 0. The molecule has 0 heterocycles. The molecule has 0 spiro atoms. The molecule has 0 bridgehead atoms. The molecule has 0 radical (unpaired) electrons. The van der Waals surface area contributed by atoms with E-state index < -0.39 is 0 Å². The Hall–Kier alpha value is -1.28. The van der Waals surface area contributed by atoms with Crippen molar-refractivity contribution in [1.29, 1.82) is 0 Å². The highest BCUT2D eigenvalue weighted by Crippen LogP contribution is 2.31. The first kappa shape index (κ1) is 17.8. The number of allylic oxidation sites excluding steroid dienone is 1. The maximum atomic E-state index is 8.91. The molecule has 1 N–H and O–H groups in total. The lowest BCUT2D eigenvalue weighted by Gasteiger charge is -2.20. The van der Waals surface area contributed by atoms with Gasteiger partial charge in [-0.3, -0.25) is 0 Å². The highest BCUT2D eigenvalue weighted by atomic mass is 16.5. The Bertz CT molecular complexity index is 384. The van der Waals surface area contributed by atoms with Gasteiger partial charge >= 0.3 is 0 Å². The van der Waals surface area contributed by atoms with E-state index in [2.05, 4.69) is 38.1 Å². The number of ether oxygens (including phenoxy) is 1. The maximum Gasteiger partial charge on any atom is 0.110 e. The molecule has 1 unspecified atom stereocenters. The molecule has 0 aliphatic carbocycles. The first-order valence-corrected chi connectivity index (χ1v) is 8.31. The van der Waals surface area contributed by atoms with Crippen LogP contribution in [-0.4, -0.2) is 18.3 Å². The molecule has 0 amide bonds. The smallest absolute Gasteiger partial charge is 0.110 e. The minimum Gasteiger partial charge on any atom is -0.498 e. The van der Waals surface area contributed by atoms with Crippen molar-refractivity contribution in [3.05, 3.63) is 42.2 Å². The number of aliphatic hydroxyl groups is 1. The molecular weight excluding hydrogens is 260 g/mol. The summed E-state index contributed by atoms with van der Waals surface area (Å²) in [6, 6.07) is 10.5. The molecule has 0 fully saturated rings. The number of aliphatic hydroxyl groups excluding tert-OH is 1. The first-order chi connectivity index (χ1) is 10.3. The van der Waals surface area contributed by atoms with Crippen LogP contribution in [0.5, 0.6) is 0 Å². The van der Waals surface area contributed by atoms with Gasteiger partial charge in [0.15, 0.2) is 0 Å². The van der Waals surface area contributed by atoms with Gasteiger partial charge in [-0.1, -0.05) is 69.9 Å². The van der Waals surface area contributed by atoms with Gasteiger partial charge in [-0.05, 0) is 29.9 Å². The van der Waals surface area contributed by atoms with Crippen molar-refractivity contribution in [1.82, 2.24) is 0 Å². The summed E-state index contributed by atoms with van der Waals surface area (Å²) in [6.45, 7) is 4.91. The van der Waals surface area contributed by atoms with Crippen molar-refractivity contribution >= 4 is 5.57 Å². The van der Waals surface area contributed by atoms with E-state index in [1.54, 1.807) is 0 Å². The van der Waals surface area contributed by atoms with E-state index in [-0.39, 0.29) is 6.61 Å². The second-order valence-electron chi connectivity index (χ2n) is 5.51. The van der Waals surface area contributed by atoms with Crippen LogP contribution in [-0.2, 0) is 4.74 Å². The van der Waals surface area contributed by atoms with Gasteiger partial charge in [0, 0.05) is 0 Å². The number of hydrogen-bond donors (Lipinski definition) is 1. The molecule has 0 aliphatic heterocycles. The number of hydrogen-bond acceptors (Lipinski definition) is 2. The van der Waals surface area contributed by atoms with Crippen LogP contribution in [0.4, 0.5) is 0 Å². The Labute approximate surface area is 129 Å². The zero-order valence-corrected chi connectivity index (χ0v) is 13.6. The van der Waals surface area contributed by atoms with Crippen LogP contribution in [0.2, 0.25) is 0 Å². The molecule has 1 rings (SSSR count). The van der Waals surface area contributed by atoms with E-state index in [1.165, 1.54) is 49.7 Å². The zero-order chi connectivity index (χ0) is 15.3. The van der Waals surface area contributed by atoms with E-state index in [9.17, 15) is 0 Å². The van der Waals surface area contributed by atoms with Crippen LogP contribution in [0.25, 0.3) is 5.57 Å². The molecule has 1 atom stereocenters. The average molecular weight is 290 g/mol. The van der Waals surface area contributed by atoms with Crippen LogP contribution < -0.4 is 0 Å². The third-order valence-corrected chi connectivity index (χ3v) is 3.76. The predicted molar refractivity (Wildman–Crippen MR) is 90.0 cm³/mol. The third kappa shape index (κ3) is 6.81. The second-order valence-corrected chi connectivity index (χ2v) is 5.51. The van der Waals surface area contributed by atoms with E-state index in [0.717, 1.165) is 0 Å². The third-order valence-electron chi connectivity index (χ3n) is 3.76. The van der Waals surface area contributed by atoms with Gasteiger partial charge in [0.2, 0.25) is 0 Å². The molecular formula is C19H30O2. The Morgan fingerprint density at radius 3 is 2.48 bits per heavy atom. The fourth-order valence-electron chi connectivity index (χ4n) is 2.68. The van der Waals surface area contributed by atoms with Crippen molar-refractivity contribution in [2.24, 2.45) is 5.92 Å². The minimum absolute atomic E-state index is 0.0624. The molecule has 0 aromatic heterocycles. The van der Waals surface area contributed by atoms with Crippen molar-refractivity contribution in [3.8, 4) is 0 Å². The zero-order valence-electron chi connectivity index (χ0n) is 13.6. The van der Waals surface area contributed by atoms with E-state index in [0.29, 0.717) is 12.5 Å². The standard InChI is InChI=1S/C19H30O2/c1-3-5-7-11-17(10-4-2)19(16-21-15-14-20)18-12-8-6-9-13-18/h6,8-9,12-13,16-17,20H,3-5,7,10-11,14-15H2,1-2H3. The normalized spacial score (nSPS) is 13.2. The van der Waals surface area contributed by atoms with Gasteiger partial charge in [-0.2, -0.15) is 0 Å². The summed E-state index contributed by atoms with van der Waals surface area (Å²) in [5.41, 5.74) is 2.52. The maximum absolute atomic E-state index is 8.91. The monoisotopic (exact) mass is 290 g/mol. The van der Waals surface area contributed by atoms with Crippen molar-refractivity contribution in [3.63, 3.8) is 0 Å².